The summed E-state index contributed by atoms with van der Waals surface area (Å²) in [6.45, 7) is 7.72. The van der Waals surface area contributed by atoms with Crippen molar-refractivity contribution in [1.29, 1.82) is 0 Å². The number of carbonyl (C=O) groups is 1. The van der Waals surface area contributed by atoms with E-state index in [1.54, 1.807) is 13.0 Å². The van der Waals surface area contributed by atoms with E-state index in [2.05, 4.69) is 33.7 Å². The highest BCUT2D eigenvalue weighted by atomic mass is 35.5. The number of benzene rings is 2. The highest BCUT2D eigenvalue weighted by molar-refractivity contribution is 7.90. The summed E-state index contributed by atoms with van der Waals surface area (Å²) in [4.78, 5) is 18.4. The smallest absolute Gasteiger partial charge is 0.264 e. The van der Waals surface area contributed by atoms with Crippen LogP contribution in [0.3, 0.4) is 0 Å². The van der Waals surface area contributed by atoms with E-state index in [0.29, 0.717) is 49.1 Å². The number of anilines is 1. The Bertz CT molecular complexity index is 1670. The number of aryl methyl sites for hydroxylation is 1. The molecule has 2 aliphatic carbocycles. The lowest BCUT2D eigenvalue weighted by atomic mass is 9.60. The van der Waals surface area contributed by atoms with Crippen LogP contribution in [0, 0.1) is 23.7 Å². The van der Waals surface area contributed by atoms with Gasteiger partial charge in [0.1, 0.15) is 5.75 Å². The second-order valence-corrected chi connectivity index (χ2v) is 18.8. The lowest BCUT2D eigenvalue weighted by molar-refractivity contribution is -0.106. The Morgan fingerprint density at radius 3 is 2.63 bits per heavy atom. The summed E-state index contributed by atoms with van der Waals surface area (Å²) in [5.74, 6) is 0.837. The maximum Gasteiger partial charge on any atom is 0.264 e. The molecule has 0 aromatic heterocycles. The molecule has 2 aromatic carbocycles. The van der Waals surface area contributed by atoms with Crippen molar-refractivity contribution in [1.82, 2.24) is 9.62 Å². The first-order valence-corrected chi connectivity index (χ1v) is 20.6. The van der Waals surface area contributed by atoms with Gasteiger partial charge in [0.15, 0.2) is 0 Å². The molecule has 1 saturated carbocycles. The molecule has 7 rings (SSSR count). The van der Waals surface area contributed by atoms with Crippen molar-refractivity contribution in [3.05, 3.63) is 58.1 Å². The quantitative estimate of drug-likeness (QED) is 0.364. The molecule has 1 saturated heterocycles. The minimum atomic E-state index is -3.93. The number of nitrogens with one attached hydrogen (secondary N) is 1. The van der Waals surface area contributed by atoms with Gasteiger partial charge in [0.25, 0.3) is 5.91 Å². The molecule has 1 spiro atoms. The summed E-state index contributed by atoms with van der Waals surface area (Å²) in [7, 11) is -1.74. The average Bonchev–Trinajstić information content (AvgIpc) is 3.18. The summed E-state index contributed by atoms with van der Waals surface area (Å²) in [6, 6.07) is 11.6. The van der Waals surface area contributed by atoms with Crippen LogP contribution in [0.4, 0.5) is 5.69 Å². The van der Waals surface area contributed by atoms with Crippen LogP contribution in [0.15, 0.2) is 36.4 Å². The molecular weight excluding hydrogens is 658 g/mol. The van der Waals surface area contributed by atoms with Gasteiger partial charge in [-0.3, -0.25) is 4.79 Å². The zero-order valence-electron chi connectivity index (χ0n) is 29.4. The molecule has 10 heteroatoms. The molecule has 49 heavy (non-hydrogen) atoms. The highest BCUT2D eigenvalue weighted by Gasteiger charge is 2.49. The predicted molar refractivity (Wildman–Crippen MR) is 195 cm³/mol. The summed E-state index contributed by atoms with van der Waals surface area (Å²) in [5.41, 5.74) is 2.59. The van der Waals surface area contributed by atoms with Gasteiger partial charge in [0.2, 0.25) is 10.0 Å². The Labute approximate surface area is 298 Å². The van der Waals surface area contributed by atoms with E-state index in [-0.39, 0.29) is 17.3 Å². The number of likely N-dealkylation sites (tertiary alicyclic amines) is 1. The maximum absolute atomic E-state index is 13.6. The molecule has 2 aromatic rings. The largest absolute Gasteiger partial charge is 0.490 e. The van der Waals surface area contributed by atoms with Gasteiger partial charge in [-0.2, -0.15) is 0 Å². The number of aliphatic hydroxyl groups is 1. The van der Waals surface area contributed by atoms with Crippen LogP contribution >= 0.6 is 11.6 Å². The lowest BCUT2D eigenvalue weighted by Crippen LogP contribution is -2.54. The molecule has 3 heterocycles. The Hall–Kier alpha value is -2.33. The van der Waals surface area contributed by atoms with E-state index in [1.807, 2.05) is 25.1 Å². The molecule has 2 fully saturated rings. The van der Waals surface area contributed by atoms with Crippen LogP contribution in [-0.4, -0.2) is 75.0 Å². The van der Waals surface area contributed by atoms with Crippen molar-refractivity contribution >= 4 is 33.2 Å². The first-order valence-electron chi connectivity index (χ1n) is 18.6. The monoisotopic (exact) mass is 711 g/mol. The van der Waals surface area contributed by atoms with E-state index in [1.165, 1.54) is 11.1 Å². The van der Waals surface area contributed by atoms with Crippen molar-refractivity contribution in [3.8, 4) is 5.75 Å². The molecule has 2 unspecified atom stereocenters. The third kappa shape index (κ3) is 6.98. The fraction of sp³-hybridized carbons (Fsp3) is 0.667. The highest BCUT2D eigenvalue weighted by Crippen LogP contribution is 2.50. The number of sulfonamides is 1. The molecule has 8 nitrogen and oxygen atoms in total. The van der Waals surface area contributed by atoms with E-state index < -0.39 is 26.8 Å². The zero-order chi connectivity index (χ0) is 34.6. The van der Waals surface area contributed by atoms with Crippen LogP contribution in [0.25, 0.3) is 0 Å². The minimum Gasteiger partial charge on any atom is -0.490 e. The molecule has 0 radical (unpaired) electrons. The fourth-order valence-corrected chi connectivity index (χ4v) is 11.5. The van der Waals surface area contributed by atoms with Crippen LogP contribution in [0.2, 0.25) is 5.02 Å². The minimum absolute atomic E-state index is 0.164. The van der Waals surface area contributed by atoms with Crippen LogP contribution in [0.5, 0.6) is 5.75 Å². The third-order valence-corrected chi connectivity index (χ3v) is 15.2. The third-order valence-electron chi connectivity index (χ3n) is 13.0. The van der Waals surface area contributed by atoms with Gasteiger partial charge in [-0.25, -0.2) is 13.1 Å². The van der Waals surface area contributed by atoms with Crippen molar-refractivity contribution in [2.45, 2.75) is 101 Å². The number of hydrogen-bond donors (Lipinski definition) is 2. The normalized spacial score (nSPS) is 35.2. The van der Waals surface area contributed by atoms with Gasteiger partial charge < -0.3 is 19.6 Å². The number of amides is 1. The summed E-state index contributed by atoms with van der Waals surface area (Å²) in [6.07, 6.45) is 10.2. The van der Waals surface area contributed by atoms with Gasteiger partial charge in [-0.05, 0) is 150 Å². The van der Waals surface area contributed by atoms with E-state index in [0.717, 1.165) is 88.1 Å². The van der Waals surface area contributed by atoms with Gasteiger partial charge >= 0.3 is 0 Å². The topological polar surface area (TPSA) is 99.2 Å². The van der Waals surface area contributed by atoms with Crippen LogP contribution in [0.1, 0.15) is 99.5 Å². The molecule has 1 amide bonds. The Morgan fingerprint density at radius 2 is 1.86 bits per heavy atom. The molecule has 3 aliphatic heterocycles. The standard InChI is InChI=1S/C39H54ClN3O5S/c1-26-7-4-17-39(45,21-28-8-6-18-42(3)22-28)34-13-10-31(34)23-43-24-38(16-5-9-29-19-32(40)12-14-33(29)38)25-48-36-15-11-30(20-35(36)43)37(44)41-49(46,47)27(26)2/h11-12,14-15,19-20,26-28,31,34,45H,4-10,13,16-18,21-25H2,1-3H3,(H,41,44)/t26?,27-,28-,31+,34-,38+,39?/m1/s1. The number of halogens is 1. The fourth-order valence-electron chi connectivity index (χ4n) is 9.96. The van der Waals surface area contributed by atoms with Crippen molar-refractivity contribution in [2.75, 3.05) is 44.7 Å². The van der Waals surface area contributed by atoms with Gasteiger partial charge in [0, 0.05) is 35.6 Å². The first-order chi connectivity index (χ1) is 23.4. The summed E-state index contributed by atoms with van der Waals surface area (Å²) in [5, 5.41) is 12.8. The van der Waals surface area contributed by atoms with E-state index >= 15 is 0 Å². The van der Waals surface area contributed by atoms with E-state index in [4.69, 9.17) is 16.3 Å². The summed E-state index contributed by atoms with van der Waals surface area (Å²) < 4.78 is 36.1. The van der Waals surface area contributed by atoms with Crippen molar-refractivity contribution < 1.29 is 23.1 Å². The first kappa shape index (κ1) is 35.1. The van der Waals surface area contributed by atoms with Crippen molar-refractivity contribution in [2.24, 2.45) is 23.7 Å². The van der Waals surface area contributed by atoms with E-state index in [9.17, 15) is 18.3 Å². The average molecular weight is 712 g/mol. The number of carbonyl (C=O) groups excluding carboxylic acids is 1. The second kappa shape index (κ2) is 13.7. The Balaban J connectivity index is 1.29. The number of fused-ring (bicyclic) bond motifs is 4. The number of rotatable bonds is 2. The Morgan fingerprint density at radius 1 is 1.02 bits per heavy atom. The van der Waals surface area contributed by atoms with Gasteiger partial charge in [-0.1, -0.05) is 31.0 Å². The number of ether oxygens (including phenoxy) is 1. The van der Waals surface area contributed by atoms with Crippen molar-refractivity contribution in [3.63, 3.8) is 0 Å². The number of hydrogen-bond acceptors (Lipinski definition) is 7. The molecule has 2 bridgehead atoms. The second-order valence-electron chi connectivity index (χ2n) is 16.4. The molecule has 268 valence electrons. The summed E-state index contributed by atoms with van der Waals surface area (Å²) >= 11 is 6.47. The molecule has 7 atom stereocenters. The SMILES string of the molecule is CC1CCCC(O)(C[C@H]2CCCN(C)C2)[C@@H]2CC[C@H]2CN2C[C@@]3(CCCc4cc(Cl)ccc43)COc3ccc(cc32)C(=O)NS(=O)(=O)[C@@H]1C. The molecule has 5 aliphatic rings. The Kier molecular flexibility index (Phi) is 9.78. The number of piperidine rings is 1. The van der Waals surface area contributed by atoms with Gasteiger partial charge in [-0.15, -0.1) is 0 Å². The predicted octanol–water partition coefficient (Wildman–Crippen LogP) is 6.57. The lowest BCUT2D eigenvalue weighted by Gasteiger charge is -2.51. The molecular formula is C39H54ClN3O5S. The van der Waals surface area contributed by atoms with Crippen LogP contribution < -0.4 is 14.4 Å². The van der Waals surface area contributed by atoms with Crippen LogP contribution in [-0.2, 0) is 21.9 Å². The zero-order valence-corrected chi connectivity index (χ0v) is 31.0. The molecule has 2 N–H and O–H groups in total. The van der Waals surface area contributed by atoms with Gasteiger partial charge in [0.05, 0.1) is 23.1 Å². The maximum atomic E-state index is 13.6. The number of nitrogens with zero attached hydrogens (tertiary/aromatic N) is 2.